The Balaban J connectivity index is 1.70. The van der Waals surface area contributed by atoms with Gasteiger partial charge in [-0.25, -0.2) is 13.4 Å². The van der Waals surface area contributed by atoms with Gasteiger partial charge in [-0.1, -0.05) is 12.1 Å². The van der Waals surface area contributed by atoms with Crippen molar-refractivity contribution in [3.63, 3.8) is 0 Å². The third-order valence-corrected chi connectivity index (χ3v) is 6.89. The van der Waals surface area contributed by atoms with Gasteiger partial charge >= 0.3 is 0 Å². The van der Waals surface area contributed by atoms with E-state index in [9.17, 15) is 23.6 Å². The van der Waals surface area contributed by atoms with Crippen molar-refractivity contribution in [3.05, 3.63) is 64.5 Å². The van der Waals surface area contributed by atoms with E-state index in [-0.39, 0.29) is 22.8 Å². The third-order valence-electron chi connectivity index (χ3n) is 5.01. The minimum Gasteiger partial charge on any atom is -0.509 e. The molecule has 1 aliphatic heterocycles. The Morgan fingerprint density at radius 2 is 1.93 bits per heavy atom. The molecule has 2 N–H and O–H groups in total. The number of nitriles is 1. The number of nitrogens with one attached hydrogen (secondary N) is 1. The molecule has 154 valence electrons. The molecule has 9 nitrogen and oxygen atoms in total. The van der Waals surface area contributed by atoms with Crippen molar-refractivity contribution in [2.75, 3.05) is 13.1 Å². The molecule has 0 radical (unpaired) electrons. The summed E-state index contributed by atoms with van der Waals surface area (Å²) in [4.78, 5) is 19.5. The van der Waals surface area contributed by atoms with Crippen molar-refractivity contribution in [3.8, 4) is 6.07 Å². The zero-order valence-corrected chi connectivity index (χ0v) is 16.8. The lowest BCUT2D eigenvalue weighted by molar-refractivity contribution is 0.376. The number of rotatable bonds is 5. The molecule has 2 aromatic heterocycles. The number of pyridine rings is 1. The molecule has 0 unspecified atom stereocenters. The number of hydrogen-bond acceptors (Lipinski definition) is 6. The number of nitrogens with zero attached hydrogens (tertiary/aromatic N) is 4. The van der Waals surface area contributed by atoms with Crippen LogP contribution in [-0.4, -0.2) is 45.5 Å². The van der Waals surface area contributed by atoms with Crippen LogP contribution in [0.5, 0.6) is 0 Å². The van der Waals surface area contributed by atoms with Gasteiger partial charge in [0, 0.05) is 25.4 Å². The zero-order chi connectivity index (χ0) is 21.3. The second kappa shape index (κ2) is 7.78. The molecule has 0 spiro atoms. The largest absolute Gasteiger partial charge is 0.509 e. The molecule has 1 saturated heterocycles. The standard InChI is InChI=1S/C20H19N5O4S/c21-11-15(20-22-16-5-1-2-6-17(16)23-20)18(26)13-24-12-14(7-8-19(24)27)30(28,29)25-9-3-4-10-25/h1-2,5-8,12,26H,3-4,9-10,13H2,(H,22,23)/b18-15-. The summed E-state index contributed by atoms with van der Waals surface area (Å²) in [6, 6.07) is 11.5. The lowest BCUT2D eigenvalue weighted by Gasteiger charge is -2.16. The first-order valence-electron chi connectivity index (χ1n) is 9.38. The summed E-state index contributed by atoms with van der Waals surface area (Å²) in [5.74, 6) is -0.223. The molecule has 0 aliphatic carbocycles. The van der Waals surface area contributed by atoms with Crippen molar-refractivity contribution in [1.29, 1.82) is 5.26 Å². The van der Waals surface area contributed by atoms with E-state index in [1.807, 2.05) is 12.1 Å². The van der Waals surface area contributed by atoms with Gasteiger partial charge in [-0.05, 0) is 31.0 Å². The van der Waals surface area contributed by atoms with Crippen molar-refractivity contribution in [2.45, 2.75) is 24.3 Å². The lowest BCUT2D eigenvalue weighted by atomic mass is 10.2. The second-order valence-corrected chi connectivity index (χ2v) is 8.92. The van der Waals surface area contributed by atoms with Gasteiger partial charge in [-0.2, -0.15) is 9.57 Å². The number of allylic oxidation sites excluding steroid dienone is 2. The molecule has 0 bridgehead atoms. The van der Waals surface area contributed by atoms with Crippen LogP contribution in [0.3, 0.4) is 0 Å². The molecule has 0 atom stereocenters. The van der Waals surface area contributed by atoms with E-state index in [0.717, 1.165) is 23.5 Å². The van der Waals surface area contributed by atoms with Crippen LogP contribution >= 0.6 is 0 Å². The van der Waals surface area contributed by atoms with Crippen molar-refractivity contribution < 1.29 is 13.5 Å². The van der Waals surface area contributed by atoms with Gasteiger partial charge in [0.1, 0.15) is 17.4 Å². The summed E-state index contributed by atoms with van der Waals surface area (Å²) in [5.41, 5.74) is 0.711. The van der Waals surface area contributed by atoms with Gasteiger partial charge < -0.3 is 14.7 Å². The second-order valence-electron chi connectivity index (χ2n) is 6.98. The summed E-state index contributed by atoms with van der Waals surface area (Å²) >= 11 is 0. The lowest BCUT2D eigenvalue weighted by Crippen LogP contribution is -2.30. The van der Waals surface area contributed by atoms with E-state index >= 15 is 0 Å². The molecule has 10 heteroatoms. The molecule has 1 aromatic carbocycles. The molecule has 4 rings (SSSR count). The minimum atomic E-state index is -3.72. The molecule has 1 aliphatic rings. The summed E-state index contributed by atoms with van der Waals surface area (Å²) in [6.07, 6.45) is 2.79. The molecule has 0 saturated carbocycles. The number of fused-ring (bicyclic) bond motifs is 1. The van der Waals surface area contributed by atoms with Crippen LogP contribution in [0.2, 0.25) is 0 Å². The first-order valence-corrected chi connectivity index (χ1v) is 10.8. The van der Waals surface area contributed by atoms with E-state index in [4.69, 9.17) is 0 Å². The van der Waals surface area contributed by atoms with Crippen molar-refractivity contribution in [1.82, 2.24) is 18.8 Å². The number of aliphatic hydroxyl groups excluding tert-OH is 1. The summed E-state index contributed by atoms with van der Waals surface area (Å²) in [7, 11) is -3.72. The van der Waals surface area contributed by atoms with Gasteiger partial charge in [0.25, 0.3) is 5.56 Å². The van der Waals surface area contributed by atoms with Gasteiger partial charge in [-0.3, -0.25) is 4.79 Å². The molecule has 3 heterocycles. The topological polar surface area (TPSA) is 132 Å². The average molecular weight is 425 g/mol. The fraction of sp³-hybridized carbons (Fsp3) is 0.250. The number of sulfonamides is 1. The smallest absolute Gasteiger partial charge is 0.251 e. The average Bonchev–Trinajstić information content (AvgIpc) is 3.40. The Hall–Kier alpha value is -3.42. The number of aliphatic hydroxyl groups is 1. The fourth-order valence-electron chi connectivity index (χ4n) is 3.43. The minimum absolute atomic E-state index is 0.0287. The van der Waals surface area contributed by atoms with E-state index in [1.165, 1.54) is 16.6 Å². The maximum absolute atomic E-state index is 12.8. The van der Waals surface area contributed by atoms with Gasteiger partial charge in [0.05, 0.1) is 22.5 Å². The molecule has 1 fully saturated rings. The Morgan fingerprint density at radius 1 is 1.20 bits per heavy atom. The zero-order valence-electron chi connectivity index (χ0n) is 15.9. The SMILES string of the molecule is N#C/C(=C(/O)Cn1cc(S(=O)(=O)N2CCCC2)ccc1=O)c1nc2ccccc2[nH]1. The number of hydrogen-bond donors (Lipinski definition) is 2. The highest BCUT2D eigenvalue weighted by Gasteiger charge is 2.27. The number of H-pyrrole nitrogens is 1. The highest BCUT2D eigenvalue weighted by molar-refractivity contribution is 7.89. The first kappa shape index (κ1) is 19.9. The molecule has 0 amide bonds. The molecule has 3 aromatic rings. The van der Waals surface area contributed by atoms with Crippen LogP contribution in [0.15, 0.2) is 58.0 Å². The highest BCUT2D eigenvalue weighted by Crippen LogP contribution is 2.21. The van der Waals surface area contributed by atoms with Crippen molar-refractivity contribution in [2.24, 2.45) is 0 Å². The first-order chi connectivity index (χ1) is 14.4. The number of para-hydroxylation sites is 2. The summed E-state index contributed by atoms with van der Waals surface area (Å²) in [5, 5.41) is 20.1. The summed E-state index contributed by atoms with van der Waals surface area (Å²) in [6.45, 7) is 0.524. The van der Waals surface area contributed by atoms with Gasteiger partial charge in [0.2, 0.25) is 10.0 Å². The quantitative estimate of drug-likeness (QED) is 0.475. The van der Waals surface area contributed by atoms with Gasteiger partial charge in [-0.15, -0.1) is 0 Å². The van der Waals surface area contributed by atoms with E-state index in [2.05, 4.69) is 9.97 Å². The highest BCUT2D eigenvalue weighted by atomic mass is 32.2. The van der Waals surface area contributed by atoms with E-state index in [1.54, 1.807) is 18.2 Å². The summed E-state index contributed by atoms with van der Waals surface area (Å²) < 4.78 is 28.0. The van der Waals surface area contributed by atoms with Crippen LogP contribution in [0.1, 0.15) is 18.7 Å². The molecular formula is C20H19N5O4S. The van der Waals surface area contributed by atoms with Crippen LogP contribution in [0.4, 0.5) is 0 Å². The fourth-order valence-corrected chi connectivity index (χ4v) is 4.97. The van der Waals surface area contributed by atoms with Crippen LogP contribution in [0.25, 0.3) is 16.6 Å². The number of aromatic nitrogens is 3. The van der Waals surface area contributed by atoms with E-state index < -0.39 is 21.3 Å². The maximum atomic E-state index is 12.8. The maximum Gasteiger partial charge on any atom is 0.251 e. The normalized spacial score (nSPS) is 15.8. The number of benzene rings is 1. The predicted molar refractivity (Wildman–Crippen MR) is 110 cm³/mol. The monoisotopic (exact) mass is 425 g/mol. The third kappa shape index (κ3) is 3.60. The van der Waals surface area contributed by atoms with E-state index in [0.29, 0.717) is 24.1 Å². The Bertz CT molecular complexity index is 1310. The molecular weight excluding hydrogens is 406 g/mol. The van der Waals surface area contributed by atoms with Crippen LogP contribution < -0.4 is 5.56 Å². The van der Waals surface area contributed by atoms with Crippen LogP contribution in [-0.2, 0) is 16.6 Å². The predicted octanol–water partition coefficient (Wildman–Crippen LogP) is 2.00. The van der Waals surface area contributed by atoms with Gasteiger partial charge in [0.15, 0.2) is 5.82 Å². The number of imidazole rings is 1. The molecule has 30 heavy (non-hydrogen) atoms. The Morgan fingerprint density at radius 3 is 2.63 bits per heavy atom. The van der Waals surface area contributed by atoms with Crippen LogP contribution in [0, 0.1) is 11.3 Å². The Labute approximate surface area is 172 Å². The number of aromatic amines is 1. The Kier molecular flexibility index (Phi) is 5.15. The van der Waals surface area contributed by atoms with Crippen molar-refractivity contribution >= 4 is 26.6 Å².